The molecule has 1 N–H and O–H groups in total. The SMILES string of the molecule is CCOC1(C(O)c2ccc(C(C)C)cc2)CCC(C)CC1. The summed E-state index contributed by atoms with van der Waals surface area (Å²) < 4.78 is 6.06. The van der Waals surface area contributed by atoms with E-state index in [2.05, 4.69) is 45.0 Å². The molecule has 1 unspecified atom stereocenters. The fourth-order valence-electron chi connectivity index (χ4n) is 3.40. The largest absolute Gasteiger partial charge is 0.385 e. The van der Waals surface area contributed by atoms with Gasteiger partial charge in [-0.05, 0) is 55.6 Å². The van der Waals surface area contributed by atoms with Gasteiger partial charge in [-0.3, -0.25) is 0 Å². The smallest absolute Gasteiger partial charge is 0.108 e. The van der Waals surface area contributed by atoms with Crippen molar-refractivity contribution < 1.29 is 9.84 Å². The second-order valence-corrected chi connectivity index (χ2v) is 6.90. The van der Waals surface area contributed by atoms with Gasteiger partial charge in [0.25, 0.3) is 0 Å². The van der Waals surface area contributed by atoms with Gasteiger partial charge in [-0.1, -0.05) is 45.0 Å². The van der Waals surface area contributed by atoms with Crippen LogP contribution in [0.3, 0.4) is 0 Å². The Morgan fingerprint density at radius 2 is 1.67 bits per heavy atom. The van der Waals surface area contributed by atoms with E-state index in [9.17, 15) is 5.11 Å². The van der Waals surface area contributed by atoms with E-state index in [-0.39, 0.29) is 5.60 Å². The fourth-order valence-corrected chi connectivity index (χ4v) is 3.40. The first-order chi connectivity index (χ1) is 9.98. The minimum absolute atomic E-state index is 0.388. The van der Waals surface area contributed by atoms with Crippen LogP contribution in [0.1, 0.15) is 76.5 Å². The number of rotatable bonds is 5. The zero-order valence-electron chi connectivity index (χ0n) is 13.9. The van der Waals surface area contributed by atoms with Crippen molar-refractivity contribution in [3.05, 3.63) is 35.4 Å². The fraction of sp³-hybridized carbons (Fsp3) is 0.684. The average molecular weight is 290 g/mol. The van der Waals surface area contributed by atoms with Gasteiger partial charge in [0.2, 0.25) is 0 Å². The summed E-state index contributed by atoms with van der Waals surface area (Å²) in [6.45, 7) is 9.36. The molecule has 1 atom stereocenters. The molecule has 0 bridgehead atoms. The molecule has 118 valence electrons. The van der Waals surface area contributed by atoms with E-state index in [1.54, 1.807) is 0 Å². The summed E-state index contributed by atoms with van der Waals surface area (Å²) in [6.07, 6.45) is 3.66. The van der Waals surface area contributed by atoms with E-state index in [4.69, 9.17) is 4.74 Å². The molecule has 1 saturated carbocycles. The molecule has 0 aromatic heterocycles. The molecule has 2 nitrogen and oxygen atoms in total. The lowest BCUT2D eigenvalue weighted by molar-refractivity contribution is -0.146. The summed E-state index contributed by atoms with van der Waals surface area (Å²) in [4.78, 5) is 0. The summed E-state index contributed by atoms with van der Waals surface area (Å²) in [6, 6.07) is 8.40. The van der Waals surface area contributed by atoms with Crippen molar-refractivity contribution in [2.24, 2.45) is 5.92 Å². The Bertz CT molecular complexity index is 427. The summed E-state index contributed by atoms with van der Waals surface area (Å²) in [5.74, 6) is 1.27. The Kier molecular flexibility index (Phi) is 5.45. The quantitative estimate of drug-likeness (QED) is 0.841. The first-order valence-corrected chi connectivity index (χ1v) is 8.40. The molecule has 0 aliphatic heterocycles. The normalized spacial score (nSPS) is 27.8. The standard InChI is InChI=1S/C19H30O2/c1-5-21-19(12-10-15(4)11-13-19)18(20)17-8-6-16(7-9-17)14(2)3/h6-9,14-15,18,20H,5,10-13H2,1-4H3. The lowest BCUT2D eigenvalue weighted by Crippen LogP contribution is -2.42. The molecule has 0 heterocycles. The molecule has 1 fully saturated rings. The monoisotopic (exact) mass is 290 g/mol. The second-order valence-electron chi connectivity index (χ2n) is 6.90. The third-order valence-electron chi connectivity index (χ3n) is 4.97. The molecule has 2 rings (SSSR count). The zero-order valence-corrected chi connectivity index (χ0v) is 13.9. The van der Waals surface area contributed by atoms with E-state index >= 15 is 0 Å². The van der Waals surface area contributed by atoms with Gasteiger partial charge in [0.1, 0.15) is 6.10 Å². The van der Waals surface area contributed by atoms with Crippen molar-refractivity contribution in [1.82, 2.24) is 0 Å². The van der Waals surface area contributed by atoms with Crippen LogP contribution in [0.25, 0.3) is 0 Å². The highest BCUT2D eigenvalue weighted by Crippen LogP contribution is 2.43. The van der Waals surface area contributed by atoms with E-state index in [1.807, 2.05) is 6.92 Å². The van der Waals surface area contributed by atoms with Gasteiger partial charge >= 0.3 is 0 Å². The van der Waals surface area contributed by atoms with Crippen LogP contribution in [0.15, 0.2) is 24.3 Å². The Morgan fingerprint density at radius 1 is 1.14 bits per heavy atom. The molecule has 1 aromatic rings. The second kappa shape index (κ2) is 6.93. The number of aliphatic hydroxyl groups is 1. The van der Waals surface area contributed by atoms with Gasteiger partial charge in [0, 0.05) is 6.61 Å². The minimum Gasteiger partial charge on any atom is -0.385 e. The van der Waals surface area contributed by atoms with Gasteiger partial charge < -0.3 is 9.84 Å². The average Bonchev–Trinajstić information content (AvgIpc) is 2.49. The Hall–Kier alpha value is -0.860. The highest BCUT2D eigenvalue weighted by Gasteiger charge is 2.42. The van der Waals surface area contributed by atoms with Crippen molar-refractivity contribution in [2.45, 2.75) is 71.0 Å². The maximum atomic E-state index is 10.9. The lowest BCUT2D eigenvalue weighted by Gasteiger charge is -2.42. The van der Waals surface area contributed by atoms with Crippen LogP contribution in [0.2, 0.25) is 0 Å². The van der Waals surface area contributed by atoms with Crippen LogP contribution in [-0.2, 0) is 4.74 Å². The Labute approximate surface area is 129 Å². The highest BCUT2D eigenvalue weighted by atomic mass is 16.5. The van der Waals surface area contributed by atoms with Crippen molar-refractivity contribution >= 4 is 0 Å². The van der Waals surface area contributed by atoms with Crippen LogP contribution in [0.5, 0.6) is 0 Å². The van der Waals surface area contributed by atoms with Gasteiger partial charge in [-0.15, -0.1) is 0 Å². The summed E-state index contributed by atoms with van der Waals surface area (Å²) in [7, 11) is 0. The number of ether oxygens (including phenoxy) is 1. The van der Waals surface area contributed by atoms with Crippen LogP contribution in [-0.4, -0.2) is 17.3 Å². The maximum absolute atomic E-state index is 10.9. The first-order valence-electron chi connectivity index (χ1n) is 8.40. The molecular weight excluding hydrogens is 260 g/mol. The highest BCUT2D eigenvalue weighted by molar-refractivity contribution is 5.28. The molecule has 2 heteroatoms. The van der Waals surface area contributed by atoms with Gasteiger partial charge in [-0.25, -0.2) is 0 Å². The van der Waals surface area contributed by atoms with E-state index in [0.717, 1.165) is 37.2 Å². The third-order valence-corrected chi connectivity index (χ3v) is 4.97. The van der Waals surface area contributed by atoms with Gasteiger partial charge in [0.15, 0.2) is 0 Å². The van der Waals surface area contributed by atoms with Crippen molar-refractivity contribution in [3.8, 4) is 0 Å². The van der Waals surface area contributed by atoms with Crippen molar-refractivity contribution in [3.63, 3.8) is 0 Å². The van der Waals surface area contributed by atoms with E-state index in [1.165, 1.54) is 5.56 Å². The predicted octanol–water partition coefficient (Wildman–Crippen LogP) is 4.83. The lowest BCUT2D eigenvalue weighted by atomic mass is 9.74. The van der Waals surface area contributed by atoms with Crippen LogP contribution in [0.4, 0.5) is 0 Å². The molecule has 1 aliphatic carbocycles. The number of hydrogen-bond donors (Lipinski definition) is 1. The predicted molar refractivity (Wildman–Crippen MR) is 87.5 cm³/mol. The van der Waals surface area contributed by atoms with Gasteiger partial charge in [0.05, 0.1) is 5.60 Å². The summed E-state index contributed by atoms with van der Waals surface area (Å²) in [5, 5.41) is 10.9. The Balaban J connectivity index is 2.19. The molecule has 0 saturated heterocycles. The molecule has 21 heavy (non-hydrogen) atoms. The maximum Gasteiger partial charge on any atom is 0.108 e. The van der Waals surface area contributed by atoms with Crippen LogP contribution < -0.4 is 0 Å². The molecule has 1 aliphatic rings. The summed E-state index contributed by atoms with van der Waals surface area (Å²) >= 11 is 0. The summed E-state index contributed by atoms with van der Waals surface area (Å²) in [5.41, 5.74) is 1.91. The van der Waals surface area contributed by atoms with E-state index < -0.39 is 6.10 Å². The Morgan fingerprint density at radius 3 is 2.14 bits per heavy atom. The van der Waals surface area contributed by atoms with E-state index in [0.29, 0.717) is 12.5 Å². The molecule has 0 amide bonds. The number of benzene rings is 1. The minimum atomic E-state index is -0.522. The number of aliphatic hydroxyl groups excluding tert-OH is 1. The molecular formula is C19H30O2. The van der Waals surface area contributed by atoms with Crippen LogP contribution in [0, 0.1) is 5.92 Å². The topological polar surface area (TPSA) is 29.5 Å². The zero-order chi connectivity index (χ0) is 15.5. The van der Waals surface area contributed by atoms with Crippen molar-refractivity contribution in [1.29, 1.82) is 0 Å². The first kappa shape index (κ1) is 16.5. The van der Waals surface area contributed by atoms with Crippen molar-refractivity contribution in [2.75, 3.05) is 6.61 Å². The molecule has 0 radical (unpaired) electrons. The number of hydrogen-bond acceptors (Lipinski definition) is 2. The molecule has 1 aromatic carbocycles. The van der Waals surface area contributed by atoms with Crippen LogP contribution >= 0.6 is 0 Å². The molecule has 0 spiro atoms. The van der Waals surface area contributed by atoms with Gasteiger partial charge in [-0.2, -0.15) is 0 Å². The third kappa shape index (κ3) is 3.67.